The number of rotatable bonds is 6. The lowest BCUT2D eigenvalue weighted by Crippen LogP contribution is -2.40. The van der Waals surface area contributed by atoms with E-state index in [1.807, 2.05) is 26.8 Å². The summed E-state index contributed by atoms with van der Waals surface area (Å²) in [6, 6.07) is 8.16. The molecule has 1 saturated heterocycles. The number of hydrogen-bond donors (Lipinski definition) is 1. The van der Waals surface area contributed by atoms with Crippen LogP contribution in [0.5, 0.6) is 5.75 Å². The summed E-state index contributed by atoms with van der Waals surface area (Å²) in [6.07, 6.45) is -0.124. The molecule has 1 aromatic heterocycles. The summed E-state index contributed by atoms with van der Waals surface area (Å²) >= 11 is 1.37. The summed E-state index contributed by atoms with van der Waals surface area (Å²) in [5.41, 5.74) is 0.332. The van der Waals surface area contributed by atoms with Crippen LogP contribution in [0.1, 0.15) is 28.4 Å². The maximum absolute atomic E-state index is 13.0. The van der Waals surface area contributed by atoms with E-state index in [-0.39, 0.29) is 16.9 Å². The Morgan fingerprint density at radius 2 is 1.93 bits per heavy atom. The molecule has 0 atom stereocenters. The maximum atomic E-state index is 13.0. The molecule has 9 heteroatoms. The van der Waals surface area contributed by atoms with Crippen LogP contribution in [0.25, 0.3) is 0 Å². The Hall–Kier alpha value is -1.94. The van der Waals surface area contributed by atoms with Crippen molar-refractivity contribution in [3.05, 3.63) is 40.1 Å². The number of carbonyl (C=O) groups excluding carboxylic acids is 1. The van der Waals surface area contributed by atoms with Crippen LogP contribution in [-0.2, 0) is 14.8 Å². The predicted octanol–water partition coefficient (Wildman–Crippen LogP) is 3.12. The molecule has 2 heterocycles. The highest BCUT2D eigenvalue weighted by Gasteiger charge is 2.27. The molecular formula is C19H24N2O5S2. The van der Waals surface area contributed by atoms with Crippen molar-refractivity contribution in [2.75, 3.05) is 31.6 Å². The van der Waals surface area contributed by atoms with E-state index >= 15 is 0 Å². The normalized spacial score (nSPS) is 15.6. The van der Waals surface area contributed by atoms with Crippen molar-refractivity contribution < 1.29 is 22.7 Å². The Labute approximate surface area is 169 Å². The van der Waals surface area contributed by atoms with Gasteiger partial charge in [-0.1, -0.05) is 0 Å². The number of amides is 1. The van der Waals surface area contributed by atoms with Crippen LogP contribution in [0.3, 0.4) is 0 Å². The van der Waals surface area contributed by atoms with Gasteiger partial charge in [-0.05, 0) is 51.1 Å². The number of aryl methyl sites for hydroxylation is 1. The Bertz CT molecular complexity index is 947. The first-order valence-electron chi connectivity index (χ1n) is 9.04. The van der Waals surface area contributed by atoms with Gasteiger partial charge in [0, 0.05) is 18.0 Å². The highest BCUT2D eigenvalue weighted by Crippen LogP contribution is 2.31. The fourth-order valence-corrected chi connectivity index (χ4v) is 5.00. The molecular weight excluding hydrogens is 400 g/mol. The number of thiophene rings is 1. The summed E-state index contributed by atoms with van der Waals surface area (Å²) in [5.74, 6) is 0.130. The number of nitrogens with zero attached hydrogens (tertiary/aromatic N) is 1. The summed E-state index contributed by atoms with van der Waals surface area (Å²) < 4.78 is 38.3. The van der Waals surface area contributed by atoms with Crippen LogP contribution in [0, 0.1) is 6.92 Å². The van der Waals surface area contributed by atoms with Crippen LogP contribution < -0.4 is 10.1 Å². The molecule has 0 unspecified atom stereocenters. The number of carbonyl (C=O) groups is 1. The molecule has 0 radical (unpaired) electrons. The zero-order valence-corrected chi connectivity index (χ0v) is 17.7. The minimum Gasteiger partial charge on any atom is -0.489 e. The molecule has 2 aromatic rings. The molecule has 0 bridgehead atoms. The van der Waals surface area contributed by atoms with Crippen LogP contribution in [0.15, 0.2) is 35.2 Å². The van der Waals surface area contributed by atoms with Crippen LogP contribution in [0.2, 0.25) is 0 Å². The van der Waals surface area contributed by atoms with Gasteiger partial charge in [-0.3, -0.25) is 4.79 Å². The first-order chi connectivity index (χ1) is 13.3. The Kier molecular flexibility index (Phi) is 6.39. The van der Waals surface area contributed by atoms with Gasteiger partial charge in [0.2, 0.25) is 10.0 Å². The molecule has 1 aliphatic heterocycles. The number of ether oxygens (including phenoxy) is 2. The Morgan fingerprint density at radius 3 is 2.54 bits per heavy atom. The number of hydrogen-bond acceptors (Lipinski definition) is 6. The van der Waals surface area contributed by atoms with E-state index in [4.69, 9.17) is 9.47 Å². The molecule has 0 saturated carbocycles. The van der Waals surface area contributed by atoms with Gasteiger partial charge in [0.1, 0.15) is 5.75 Å². The molecule has 0 aliphatic carbocycles. The molecule has 1 aliphatic rings. The number of morpholine rings is 1. The second kappa shape index (κ2) is 8.60. The largest absolute Gasteiger partial charge is 0.489 e. The fourth-order valence-electron chi connectivity index (χ4n) is 2.80. The summed E-state index contributed by atoms with van der Waals surface area (Å²) in [6.45, 7) is 7.01. The van der Waals surface area contributed by atoms with Crippen molar-refractivity contribution in [3.63, 3.8) is 0 Å². The van der Waals surface area contributed by atoms with Crippen molar-refractivity contribution in [1.82, 2.24) is 4.31 Å². The second-order valence-electron chi connectivity index (χ2n) is 6.71. The standard InChI is InChI=1S/C19H24N2O5S2/c1-13(2)26-17-6-5-15(28(23,24)21-8-10-25-11-9-21)12-16(17)20-19(22)18-7-4-14(3)27-18/h4-7,12-13H,8-11H2,1-3H3,(H,20,22). The third-order valence-corrected chi connectivity index (χ3v) is 7.03. The third-order valence-electron chi connectivity index (χ3n) is 4.13. The van der Waals surface area contributed by atoms with E-state index in [0.29, 0.717) is 42.6 Å². The summed E-state index contributed by atoms with van der Waals surface area (Å²) in [4.78, 5) is 14.3. The zero-order valence-electron chi connectivity index (χ0n) is 16.1. The topological polar surface area (TPSA) is 84.9 Å². The van der Waals surface area contributed by atoms with Gasteiger partial charge in [-0.25, -0.2) is 8.42 Å². The average Bonchev–Trinajstić information content (AvgIpc) is 3.10. The van der Waals surface area contributed by atoms with E-state index in [2.05, 4.69) is 5.32 Å². The molecule has 1 fully saturated rings. The second-order valence-corrected chi connectivity index (χ2v) is 9.93. The van der Waals surface area contributed by atoms with E-state index in [1.54, 1.807) is 12.1 Å². The molecule has 28 heavy (non-hydrogen) atoms. The van der Waals surface area contributed by atoms with E-state index in [0.717, 1.165) is 4.88 Å². The average molecular weight is 425 g/mol. The van der Waals surface area contributed by atoms with Gasteiger partial charge in [-0.2, -0.15) is 4.31 Å². The highest BCUT2D eigenvalue weighted by molar-refractivity contribution is 7.89. The van der Waals surface area contributed by atoms with Crippen molar-refractivity contribution >= 4 is 33.0 Å². The van der Waals surface area contributed by atoms with Crippen molar-refractivity contribution in [3.8, 4) is 5.75 Å². The summed E-state index contributed by atoms with van der Waals surface area (Å²) in [5, 5.41) is 2.80. The lowest BCUT2D eigenvalue weighted by Gasteiger charge is -2.26. The van der Waals surface area contributed by atoms with Gasteiger partial charge >= 0.3 is 0 Å². The fraction of sp³-hybridized carbons (Fsp3) is 0.421. The van der Waals surface area contributed by atoms with Gasteiger partial charge in [0.05, 0.1) is 34.8 Å². The smallest absolute Gasteiger partial charge is 0.265 e. The van der Waals surface area contributed by atoms with Crippen LogP contribution in [0.4, 0.5) is 5.69 Å². The molecule has 1 amide bonds. The van der Waals surface area contributed by atoms with E-state index in [9.17, 15) is 13.2 Å². The SMILES string of the molecule is Cc1ccc(C(=O)Nc2cc(S(=O)(=O)N3CCOCC3)ccc2OC(C)C)s1. The van der Waals surface area contributed by atoms with Crippen molar-refractivity contribution in [2.24, 2.45) is 0 Å². The molecule has 152 valence electrons. The Balaban J connectivity index is 1.93. The van der Waals surface area contributed by atoms with Crippen molar-refractivity contribution in [1.29, 1.82) is 0 Å². The predicted molar refractivity (Wildman–Crippen MR) is 109 cm³/mol. The monoisotopic (exact) mass is 424 g/mol. The van der Waals surface area contributed by atoms with Crippen LogP contribution >= 0.6 is 11.3 Å². The quantitative estimate of drug-likeness (QED) is 0.770. The van der Waals surface area contributed by atoms with Gasteiger partial charge < -0.3 is 14.8 Å². The molecule has 1 aromatic carbocycles. The lowest BCUT2D eigenvalue weighted by atomic mass is 10.2. The Morgan fingerprint density at radius 1 is 1.21 bits per heavy atom. The summed E-state index contributed by atoms with van der Waals surface area (Å²) in [7, 11) is -3.68. The molecule has 0 spiro atoms. The number of anilines is 1. The number of nitrogens with one attached hydrogen (secondary N) is 1. The lowest BCUT2D eigenvalue weighted by molar-refractivity contribution is 0.0730. The van der Waals surface area contributed by atoms with E-state index in [1.165, 1.54) is 27.8 Å². The minimum atomic E-state index is -3.68. The molecule has 3 rings (SSSR count). The third kappa shape index (κ3) is 4.72. The first kappa shape index (κ1) is 20.8. The van der Waals surface area contributed by atoms with Crippen LogP contribution in [-0.4, -0.2) is 51.0 Å². The minimum absolute atomic E-state index is 0.114. The maximum Gasteiger partial charge on any atom is 0.265 e. The number of sulfonamides is 1. The molecule has 1 N–H and O–H groups in total. The highest BCUT2D eigenvalue weighted by atomic mass is 32.2. The number of benzene rings is 1. The van der Waals surface area contributed by atoms with Gasteiger partial charge in [0.25, 0.3) is 5.91 Å². The first-order valence-corrected chi connectivity index (χ1v) is 11.3. The van der Waals surface area contributed by atoms with Gasteiger partial charge in [-0.15, -0.1) is 11.3 Å². The van der Waals surface area contributed by atoms with E-state index < -0.39 is 10.0 Å². The molecule has 7 nitrogen and oxygen atoms in total. The van der Waals surface area contributed by atoms with Crippen molar-refractivity contribution in [2.45, 2.75) is 31.8 Å². The van der Waals surface area contributed by atoms with Gasteiger partial charge in [0.15, 0.2) is 0 Å². The zero-order chi connectivity index (χ0) is 20.3.